The van der Waals surface area contributed by atoms with E-state index in [-0.39, 0.29) is 30.5 Å². The molecule has 0 spiro atoms. The normalized spacial score (nSPS) is 25.8. The number of likely N-dealkylation sites (tertiary alicyclic amines) is 1. The Labute approximate surface area is 186 Å². The molecular formula is C23H30BrN3O3. The molecule has 4 rings (SSSR count). The number of amides is 2. The predicted molar refractivity (Wildman–Crippen MR) is 120 cm³/mol. The maximum absolute atomic E-state index is 13.2. The van der Waals surface area contributed by atoms with Crippen LogP contribution in [-0.4, -0.2) is 66.5 Å². The van der Waals surface area contributed by atoms with Crippen molar-refractivity contribution in [2.75, 3.05) is 32.7 Å². The van der Waals surface area contributed by atoms with Crippen LogP contribution in [0.25, 0.3) is 6.08 Å². The van der Waals surface area contributed by atoms with E-state index in [2.05, 4.69) is 26.1 Å². The highest BCUT2D eigenvalue weighted by Gasteiger charge is 2.42. The van der Waals surface area contributed by atoms with Crippen molar-refractivity contribution in [3.63, 3.8) is 0 Å². The lowest BCUT2D eigenvalue weighted by Gasteiger charge is -2.44. The first kappa shape index (κ1) is 21.4. The van der Waals surface area contributed by atoms with E-state index >= 15 is 0 Å². The molecule has 2 amide bonds. The van der Waals surface area contributed by atoms with Crippen molar-refractivity contribution in [3.05, 3.63) is 40.1 Å². The third-order valence-electron chi connectivity index (χ3n) is 6.23. The minimum atomic E-state index is -0.187. The molecule has 0 radical (unpaired) electrons. The number of fused-ring (bicyclic) bond motifs is 1. The van der Waals surface area contributed by atoms with Gasteiger partial charge in [-0.25, -0.2) is 0 Å². The second-order valence-corrected chi connectivity index (χ2v) is 9.32. The van der Waals surface area contributed by atoms with E-state index in [0.717, 1.165) is 55.4 Å². The Hall–Kier alpha value is -1.86. The predicted octanol–water partition coefficient (Wildman–Crippen LogP) is 3.17. The molecule has 162 valence electrons. The van der Waals surface area contributed by atoms with Gasteiger partial charge in [0.05, 0.1) is 6.04 Å². The number of benzene rings is 1. The Morgan fingerprint density at radius 3 is 2.80 bits per heavy atom. The fourth-order valence-corrected chi connectivity index (χ4v) is 5.10. The van der Waals surface area contributed by atoms with E-state index in [4.69, 9.17) is 4.74 Å². The highest BCUT2D eigenvalue weighted by molar-refractivity contribution is 9.10. The van der Waals surface area contributed by atoms with Crippen LogP contribution in [0.2, 0.25) is 0 Å². The zero-order valence-corrected chi connectivity index (χ0v) is 18.9. The van der Waals surface area contributed by atoms with Crippen LogP contribution in [0.1, 0.15) is 44.1 Å². The molecule has 3 fully saturated rings. The fourth-order valence-electron chi connectivity index (χ4n) is 4.68. The van der Waals surface area contributed by atoms with E-state index < -0.39 is 0 Å². The number of hydrogen-bond donors (Lipinski definition) is 1. The van der Waals surface area contributed by atoms with Crippen LogP contribution in [0.15, 0.2) is 34.5 Å². The zero-order chi connectivity index (χ0) is 20.9. The molecule has 1 aromatic carbocycles. The van der Waals surface area contributed by atoms with Gasteiger partial charge in [0, 0.05) is 17.6 Å². The highest BCUT2D eigenvalue weighted by atomic mass is 79.9. The summed E-state index contributed by atoms with van der Waals surface area (Å²) < 4.78 is 7.07. The second-order valence-electron chi connectivity index (χ2n) is 8.40. The van der Waals surface area contributed by atoms with Crippen LogP contribution in [0.4, 0.5) is 0 Å². The van der Waals surface area contributed by atoms with Crippen molar-refractivity contribution >= 4 is 33.8 Å². The second kappa shape index (κ2) is 9.96. The molecule has 0 bridgehead atoms. The molecular weight excluding hydrogens is 446 g/mol. The number of ether oxygens (including phenoxy) is 1. The zero-order valence-electron chi connectivity index (χ0n) is 17.3. The molecule has 1 aromatic rings. The molecule has 1 aliphatic carbocycles. The van der Waals surface area contributed by atoms with Crippen molar-refractivity contribution < 1.29 is 14.3 Å². The first-order chi connectivity index (χ1) is 14.6. The van der Waals surface area contributed by atoms with Gasteiger partial charge < -0.3 is 19.9 Å². The van der Waals surface area contributed by atoms with Crippen LogP contribution in [0.3, 0.4) is 0 Å². The van der Waals surface area contributed by atoms with Gasteiger partial charge >= 0.3 is 0 Å². The summed E-state index contributed by atoms with van der Waals surface area (Å²) in [6.07, 6.45) is 8.20. The van der Waals surface area contributed by atoms with Crippen molar-refractivity contribution in [1.82, 2.24) is 15.1 Å². The average Bonchev–Trinajstić information content (AvgIpc) is 3.25. The van der Waals surface area contributed by atoms with Gasteiger partial charge in [-0.3, -0.25) is 9.59 Å². The number of morpholine rings is 1. The number of hydrogen-bond acceptors (Lipinski definition) is 4. The molecule has 6 nitrogen and oxygen atoms in total. The molecule has 3 aliphatic rings. The largest absolute Gasteiger partial charge is 0.482 e. The van der Waals surface area contributed by atoms with Crippen molar-refractivity contribution in [3.8, 4) is 0 Å². The van der Waals surface area contributed by atoms with Gasteiger partial charge in [0.2, 0.25) is 5.91 Å². The molecule has 2 atom stereocenters. The van der Waals surface area contributed by atoms with Crippen LogP contribution >= 0.6 is 15.9 Å². The molecule has 2 heterocycles. The minimum Gasteiger partial charge on any atom is -0.482 e. The van der Waals surface area contributed by atoms with Crippen LogP contribution in [0.5, 0.6) is 0 Å². The maximum Gasteiger partial charge on any atom is 0.289 e. The number of nitrogens with one attached hydrogen (secondary N) is 1. The lowest BCUT2D eigenvalue weighted by atomic mass is 9.89. The molecule has 30 heavy (non-hydrogen) atoms. The molecule has 2 saturated heterocycles. The van der Waals surface area contributed by atoms with Gasteiger partial charge in [-0.1, -0.05) is 34.5 Å². The summed E-state index contributed by atoms with van der Waals surface area (Å²) in [6, 6.07) is 7.75. The lowest BCUT2D eigenvalue weighted by molar-refractivity contribution is -0.151. The SMILES string of the molecule is O=C(CN1C(=O)/C(=C\c2cccc(Br)c2)OC2CCCCC21)NCCN1CCCC1. The van der Waals surface area contributed by atoms with Gasteiger partial charge in [-0.2, -0.15) is 0 Å². The first-order valence-corrected chi connectivity index (χ1v) is 11.8. The molecule has 2 aliphatic heterocycles. The van der Waals surface area contributed by atoms with Gasteiger partial charge in [-0.15, -0.1) is 0 Å². The minimum absolute atomic E-state index is 0.0183. The molecule has 0 aromatic heterocycles. The maximum atomic E-state index is 13.2. The summed E-state index contributed by atoms with van der Waals surface area (Å²) >= 11 is 3.47. The summed E-state index contributed by atoms with van der Waals surface area (Å²) in [5.74, 6) is 0.0597. The fraction of sp³-hybridized carbons (Fsp3) is 0.565. The summed E-state index contributed by atoms with van der Waals surface area (Å²) in [4.78, 5) is 30.0. The van der Waals surface area contributed by atoms with Crippen molar-refractivity contribution in [2.45, 2.75) is 50.7 Å². The quantitative estimate of drug-likeness (QED) is 0.641. The Morgan fingerprint density at radius 2 is 2.00 bits per heavy atom. The van der Waals surface area contributed by atoms with E-state index in [1.165, 1.54) is 12.8 Å². The van der Waals surface area contributed by atoms with Crippen LogP contribution < -0.4 is 5.32 Å². The molecule has 2 unspecified atom stereocenters. The monoisotopic (exact) mass is 475 g/mol. The number of halogens is 1. The third-order valence-corrected chi connectivity index (χ3v) is 6.72. The highest BCUT2D eigenvalue weighted by Crippen LogP contribution is 2.33. The summed E-state index contributed by atoms with van der Waals surface area (Å²) in [6.45, 7) is 3.84. The van der Waals surface area contributed by atoms with Gasteiger partial charge in [0.1, 0.15) is 12.6 Å². The summed E-state index contributed by atoms with van der Waals surface area (Å²) in [5, 5.41) is 3.00. The average molecular weight is 476 g/mol. The van der Waals surface area contributed by atoms with E-state index in [1.807, 2.05) is 24.3 Å². The van der Waals surface area contributed by atoms with E-state index in [1.54, 1.807) is 11.0 Å². The Balaban J connectivity index is 1.43. The number of carbonyl (C=O) groups is 2. The third kappa shape index (κ3) is 5.24. The molecule has 7 heteroatoms. The number of rotatable bonds is 6. The Kier molecular flexibility index (Phi) is 7.10. The van der Waals surface area contributed by atoms with Gasteiger partial charge in [0.25, 0.3) is 5.91 Å². The van der Waals surface area contributed by atoms with Crippen molar-refractivity contribution in [1.29, 1.82) is 0 Å². The van der Waals surface area contributed by atoms with Gasteiger partial charge in [0.15, 0.2) is 5.76 Å². The van der Waals surface area contributed by atoms with E-state index in [9.17, 15) is 9.59 Å². The molecule has 1 N–H and O–H groups in total. The van der Waals surface area contributed by atoms with Crippen molar-refractivity contribution in [2.24, 2.45) is 0 Å². The van der Waals surface area contributed by atoms with Crippen LogP contribution in [0, 0.1) is 0 Å². The van der Waals surface area contributed by atoms with E-state index in [0.29, 0.717) is 12.3 Å². The number of nitrogens with zero attached hydrogens (tertiary/aromatic N) is 2. The van der Waals surface area contributed by atoms with Gasteiger partial charge in [-0.05, 0) is 69.0 Å². The smallest absolute Gasteiger partial charge is 0.289 e. The standard InChI is InChI=1S/C23H30BrN3O3/c24-18-7-5-6-17(14-18)15-21-23(29)27(19-8-1-2-9-20(19)30-21)16-22(28)25-10-13-26-11-3-4-12-26/h5-7,14-15,19-20H,1-4,8-13,16H2,(H,25,28)/b21-15+. The summed E-state index contributed by atoms with van der Waals surface area (Å²) in [5.41, 5.74) is 0.900. The van der Waals surface area contributed by atoms with Crippen LogP contribution in [-0.2, 0) is 14.3 Å². The number of carbonyl (C=O) groups excluding carboxylic acids is 2. The first-order valence-electron chi connectivity index (χ1n) is 11.0. The lowest BCUT2D eigenvalue weighted by Crippen LogP contribution is -2.57. The summed E-state index contributed by atoms with van der Waals surface area (Å²) in [7, 11) is 0. The Morgan fingerprint density at radius 1 is 1.20 bits per heavy atom. The Bertz CT molecular complexity index is 807. The molecule has 1 saturated carbocycles. The topological polar surface area (TPSA) is 61.9 Å².